The second-order valence-corrected chi connectivity index (χ2v) is 3.91. The maximum atomic E-state index is 9.23. The van der Waals surface area contributed by atoms with Gasteiger partial charge in [0, 0.05) is 6.04 Å². The molecule has 0 bridgehead atoms. The number of aromatic hydroxyl groups is 1. The van der Waals surface area contributed by atoms with E-state index in [1.165, 1.54) is 12.8 Å². The number of halogens is 1. The standard InChI is InChI=1S/C10H13ClN2O/c11-10-9(14)5-4-8(13-10)7-3-1-2-6-12-7/h4-5,7,12,14H,1-3,6H2/t7-/m0/s1. The van der Waals surface area contributed by atoms with E-state index in [-0.39, 0.29) is 10.9 Å². The Balaban J connectivity index is 2.18. The van der Waals surface area contributed by atoms with E-state index in [1.54, 1.807) is 6.07 Å². The number of hydrogen-bond acceptors (Lipinski definition) is 3. The fourth-order valence-corrected chi connectivity index (χ4v) is 1.90. The first kappa shape index (κ1) is 9.74. The van der Waals surface area contributed by atoms with E-state index in [0.717, 1.165) is 18.7 Å². The highest BCUT2D eigenvalue weighted by atomic mass is 35.5. The van der Waals surface area contributed by atoms with Crippen molar-refractivity contribution < 1.29 is 5.11 Å². The summed E-state index contributed by atoms with van der Waals surface area (Å²) in [6.45, 7) is 1.03. The summed E-state index contributed by atoms with van der Waals surface area (Å²) in [6, 6.07) is 3.72. The van der Waals surface area contributed by atoms with E-state index in [9.17, 15) is 5.11 Å². The number of nitrogens with zero attached hydrogens (tertiary/aromatic N) is 1. The molecular weight excluding hydrogens is 200 g/mol. The number of pyridine rings is 1. The van der Waals surface area contributed by atoms with Crippen LogP contribution >= 0.6 is 11.6 Å². The molecule has 4 heteroatoms. The van der Waals surface area contributed by atoms with Crippen LogP contribution in [0.1, 0.15) is 31.0 Å². The Morgan fingerprint density at radius 2 is 2.29 bits per heavy atom. The summed E-state index contributed by atoms with van der Waals surface area (Å²) >= 11 is 5.74. The van der Waals surface area contributed by atoms with Gasteiger partial charge in [-0.15, -0.1) is 0 Å². The molecule has 1 fully saturated rings. The van der Waals surface area contributed by atoms with Gasteiger partial charge in [-0.05, 0) is 31.5 Å². The lowest BCUT2D eigenvalue weighted by Crippen LogP contribution is -2.27. The molecule has 3 nitrogen and oxygen atoms in total. The minimum Gasteiger partial charge on any atom is -0.505 e. The number of hydrogen-bond donors (Lipinski definition) is 2. The zero-order valence-corrected chi connectivity index (χ0v) is 8.59. The Morgan fingerprint density at radius 1 is 1.43 bits per heavy atom. The monoisotopic (exact) mass is 212 g/mol. The Hall–Kier alpha value is -0.800. The molecule has 14 heavy (non-hydrogen) atoms. The molecule has 0 aromatic carbocycles. The molecule has 0 saturated carbocycles. The van der Waals surface area contributed by atoms with Crippen LogP contribution in [0.2, 0.25) is 5.15 Å². The van der Waals surface area contributed by atoms with Crippen molar-refractivity contribution in [2.45, 2.75) is 25.3 Å². The van der Waals surface area contributed by atoms with Gasteiger partial charge in [-0.1, -0.05) is 18.0 Å². The molecule has 1 aliphatic heterocycles. The predicted octanol–water partition coefficient (Wildman–Crippen LogP) is 2.26. The molecule has 1 saturated heterocycles. The molecular formula is C10H13ClN2O. The molecule has 76 valence electrons. The molecule has 0 radical (unpaired) electrons. The lowest BCUT2D eigenvalue weighted by atomic mass is 10.0. The van der Waals surface area contributed by atoms with Crippen molar-refractivity contribution in [3.05, 3.63) is 23.0 Å². The Morgan fingerprint density at radius 3 is 2.93 bits per heavy atom. The van der Waals surface area contributed by atoms with Gasteiger partial charge in [0.15, 0.2) is 10.9 Å². The summed E-state index contributed by atoms with van der Waals surface area (Å²) in [4.78, 5) is 4.15. The first-order valence-electron chi connectivity index (χ1n) is 4.86. The highest BCUT2D eigenvalue weighted by molar-refractivity contribution is 6.30. The van der Waals surface area contributed by atoms with Crippen LogP contribution in [0.15, 0.2) is 12.1 Å². The predicted molar refractivity (Wildman–Crippen MR) is 55.5 cm³/mol. The van der Waals surface area contributed by atoms with E-state index in [4.69, 9.17) is 11.6 Å². The number of piperidine rings is 1. The number of nitrogens with one attached hydrogen (secondary N) is 1. The van der Waals surface area contributed by atoms with E-state index < -0.39 is 0 Å². The average molecular weight is 213 g/mol. The van der Waals surface area contributed by atoms with Gasteiger partial charge < -0.3 is 10.4 Å². The van der Waals surface area contributed by atoms with Gasteiger partial charge in [0.1, 0.15) is 0 Å². The fourth-order valence-electron chi connectivity index (χ4n) is 1.74. The van der Waals surface area contributed by atoms with Gasteiger partial charge in [-0.2, -0.15) is 0 Å². The minimum absolute atomic E-state index is 0.0474. The molecule has 1 aliphatic rings. The second kappa shape index (κ2) is 4.15. The summed E-state index contributed by atoms with van der Waals surface area (Å²) in [5.74, 6) is 0.0474. The minimum atomic E-state index is 0.0474. The summed E-state index contributed by atoms with van der Waals surface area (Å²) in [5.41, 5.74) is 0.924. The number of rotatable bonds is 1. The number of aromatic nitrogens is 1. The summed E-state index contributed by atoms with van der Waals surface area (Å²) in [5, 5.41) is 12.8. The van der Waals surface area contributed by atoms with E-state index >= 15 is 0 Å². The maximum Gasteiger partial charge on any atom is 0.171 e. The fraction of sp³-hybridized carbons (Fsp3) is 0.500. The Kier molecular flexibility index (Phi) is 2.89. The van der Waals surface area contributed by atoms with Crippen LogP contribution in [0, 0.1) is 0 Å². The summed E-state index contributed by atoms with van der Waals surface area (Å²) < 4.78 is 0. The van der Waals surface area contributed by atoms with Crippen molar-refractivity contribution in [3.8, 4) is 5.75 Å². The SMILES string of the molecule is Oc1ccc([C@@H]2CCCCN2)nc1Cl. The highest BCUT2D eigenvalue weighted by Crippen LogP contribution is 2.26. The topological polar surface area (TPSA) is 45.1 Å². The molecule has 2 heterocycles. The summed E-state index contributed by atoms with van der Waals surface area (Å²) in [7, 11) is 0. The van der Waals surface area contributed by atoms with Crippen LogP contribution in [0.25, 0.3) is 0 Å². The molecule has 0 spiro atoms. The lowest BCUT2D eigenvalue weighted by molar-refractivity contribution is 0.403. The molecule has 1 aromatic rings. The van der Waals surface area contributed by atoms with Crippen molar-refractivity contribution in [3.63, 3.8) is 0 Å². The molecule has 0 aliphatic carbocycles. The van der Waals surface area contributed by atoms with Gasteiger partial charge in [0.05, 0.1) is 5.69 Å². The second-order valence-electron chi connectivity index (χ2n) is 3.55. The zero-order chi connectivity index (χ0) is 9.97. The normalized spacial score (nSPS) is 22.2. The van der Waals surface area contributed by atoms with Gasteiger partial charge in [-0.3, -0.25) is 0 Å². The van der Waals surface area contributed by atoms with Crippen LogP contribution in [-0.4, -0.2) is 16.6 Å². The van der Waals surface area contributed by atoms with Crippen LogP contribution in [0.5, 0.6) is 5.75 Å². The quantitative estimate of drug-likeness (QED) is 0.702. The Labute approximate surface area is 88.1 Å². The molecule has 0 unspecified atom stereocenters. The van der Waals surface area contributed by atoms with Crippen molar-refractivity contribution in [1.29, 1.82) is 0 Å². The smallest absolute Gasteiger partial charge is 0.171 e. The van der Waals surface area contributed by atoms with Crippen LogP contribution in [0.4, 0.5) is 0 Å². The third-order valence-corrected chi connectivity index (χ3v) is 2.80. The van der Waals surface area contributed by atoms with Crippen LogP contribution in [-0.2, 0) is 0 Å². The first-order chi connectivity index (χ1) is 6.77. The molecule has 0 amide bonds. The van der Waals surface area contributed by atoms with Gasteiger partial charge in [0.25, 0.3) is 0 Å². The van der Waals surface area contributed by atoms with Crippen molar-refractivity contribution in [1.82, 2.24) is 10.3 Å². The molecule has 2 N–H and O–H groups in total. The van der Waals surface area contributed by atoms with Crippen molar-refractivity contribution in [2.24, 2.45) is 0 Å². The molecule has 2 rings (SSSR count). The third kappa shape index (κ3) is 1.99. The molecule has 1 aromatic heterocycles. The highest BCUT2D eigenvalue weighted by Gasteiger charge is 2.16. The first-order valence-corrected chi connectivity index (χ1v) is 5.24. The van der Waals surface area contributed by atoms with Crippen LogP contribution in [0.3, 0.4) is 0 Å². The van der Waals surface area contributed by atoms with E-state index in [2.05, 4.69) is 10.3 Å². The van der Waals surface area contributed by atoms with Crippen molar-refractivity contribution >= 4 is 11.6 Å². The van der Waals surface area contributed by atoms with E-state index in [1.807, 2.05) is 6.07 Å². The van der Waals surface area contributed by atoms with Gasteiger partial charge >= 0.3 is 0 Å². The summed E-state index contributed by atoms with van der Waals surface area (Å²) in [6.07, 6.45) is 3.54. The van der Waals surface area contributed by atoms with Crippen LogP contribution < -0.4 is 5.32 Å². The maximum absolute atomic E-state index is 9.23. The Bertz CT molecular complexity index is 324. The zero-order valence-electron chi connectivity index (χ0n) is 7.83. The van der Waals surface area contributed by atoms with Crippen molar-refractivity contribution in [2.75, 3.05) is 6.54 Å². The average Bonchev–Trinajstić information content (AvgIpc) is 2.23. The van der Waals surface area contributed by atoms with Gasteiger partial charge in [-0.25, -0.2) is 4.98 Å². The third-order valence-electron chi connectivity index (χ3n) is 2.52. The largest absolute Gasteiger partial charge is 0.505 e. The lowest BCUT2D eigenvalue weighted by Gasteiger charge is -2.22. The van der Waals surface area contributed by atoms with E-state index in [0.29, 0.717) is 6.04 Å². The molecule has 1 atom stereocenters. The van der Waals surface area contributed by atoms with Gasteiger partial charge in [0.2, 0.25) is 0 Å².